The van der Waals surface area contributed by atoms with Crippen molar-refractivity contribution >= 4 is 27.3 Å². The number of amides is 2. The average Bonchev–Trinajstić information content (AvgIpc) is 2.92. The first-order valence-electron chi connectivity index (χ1n) is 9.88. The third-order valence-corrected chi connectivity index (χ3v) is 5.88. The molecule has 1 atom stereocenters. The van der Waals surface area contributed by atoms with Gasteiger partial charge in [-0.3, -0.25) is 14.5 Å². The zero-order valence-corrected chi connectivity index (χ0v) is 18.9. The Morgan fingerprint density at radius 1 is 1.19 bits per heavy atom. The highest BCUT2D eigenvalue weighted by Gasteiger charge is 2.43. The van der Waals surface area contributed by atoms with Gasteiger partial charge in [0, 0.05) is 12.0 Å². The summed E-state index contributed by atoms with van der Waals surface area (Å²) < 4.78 is 30.1. The number of fused-ring (bicyclic) bond motifs is 1. The largest absolute Gasteiger partial charge is 0.494 e. The normalized spacial score (nSPS) is 14.4. The van der Waals surface area contributed by atoms with Gasteiger partial charge in [-0.25, -0.2) is 8.42 Å². The Labute approximate surface area is 182 Å². The number of allylic oxidation sites excluding steroid dienone is 1. The van der Waals surface area contributed by atoms with E-state index in [0.717, 1.165) is 16.7 Å². The van der Waals surface area contributed by atoms with Crippen molar-refractivity contribution in [3.63, 3.8) is 0 Å². The van der Waals surface area contributed by atoms with Crippen molar-refractivity contribution in [2.45, 2.75) is 26.8 Å². The molecule has 164 valence electrons. The molecule has 2 aromatic carbocycles. The van der Waals surface area contributed by atoms with E-state index in [9.17, 15) is 18.0 Å². The Balaban J connectivity index is 2.13. The van der Waals surface area contributed by atoms with E-state index in [1.807, 2.05) is 13.8 Å². The summed E-state index contributed by atoms with van der Waals surface area (Å²) >= 11 is 0. The van der Waals surface area contributed by atoms with E-state index < -0.39 is 33.4 Å². The molecule has 1 N–H and O–H groups in total. The molecule has 1 heterocycles. The molecule has 1 aliphatic rings. The fourth-order valence-electron chi connectivity index (χ4n) is 3.66. The van der Waals surface area contributed by atoms with Crippen LogP contribution in [0.15, 0.2) is 48.7 Å². The minimum absolute atomic E-state index is 0.214. The number of nitrogens with zero attached hydrogens (tertiary/aromatic N) is 1. The van der Waals surface area contributed by atoms with Crippen LogP contribution in [0, 0.1) is 6.92 Å². The summed E-state index contributed by atoms with van der Waals surface area (Å²) in [7, 11) is -3.52. The summed E-state index contributed by atoms with van der Waals surface area (Å²) in [6.45, 7) is 9.69. The minimum atomic E-state index is -3.52. The van der Waals surface area contributed by atoms with Crippen LogP contribution in [-0.2, 0) is 9.84 Å². The van der Waals surface area contributed by atoms with Gasteiger partial charge < -0.3 is 10.1 Å². The molecule has 0 spiro atoms. The topological polar surface area (TPSA) is 92.8 Å². The van der Waals surface area contributed by atoms with Crippen molar-refractivity contribution in [1.29, 1.82) is 0 Å². The molecule has 1 aliphatic heterocycles. The van der Waals surface area contributed by atoms with Gasteiger partial charge in [0.15, 0.2) is 0 Å². The quantitative estimate of drug-likeness (QED) is 0.627. The number of sulfone groups is 1. The van der Waals surface area contributed by atoms with Gasteiger partial charge in [-0.2, -0.15) is 0 Å². The van der Waals surface area contributed by atoms with E-state index in [1.165, 1.54) is 0 Å². The molecular formula is C23H26N2O5S. The van der Waals surface area contributed by atoms with Gasteiger partial charge in [-0.15, -0.1) is 0 Å². The first kappa shape index (κ1) is 22.6. The van der Waals surface area contributed by atoms with Gasteiger partial charge in [0.25, 0.3) is 11.8 Å². The summed E-state index contributed by atoms with van der Waals surface area (Å²) in [5, 5.41) is 3.00. The van der Waals surface area contributed by atoms with Gasteiger partial charge in [-0.05, 0) is 50.1 Å². The fraction of sp³-hybridized carbons (Fsp3) is 0.304. The van der Waals surface area contributed by atoms with E-state index in [4.69, 9.17) is 4.74 Å². The predicted molar refractivity (Wildman–Crippen MR) is 120 cm³/mol. The number of nitrogens with one attached hydrogen (secondary N) is 1. The van der Waals surface area contributed by atoms with Crippen molar-refractivity contribution in [1.82, 2.24) is 4.90 Å². The second kappa shape index (κ2) is 8.55. The second-order valence-electron chi connectivity index (χ2n) is 7.68. The Morgan fingerprint density at radius 2 is 1.90 bits per heavy atom. The number of anilines is 1. The first-order chi connectivity index (χ1) is 14.5. The van der Waals surface area contributed by atoms with Crippen LogP contribution in [0.4, 0.5) is 5.69 Å². The third kappa shape index (κ3) is 4.64. The SMILES string of the molecule is C=C(C)Nc1cccc2c1C(=O)N(C(CS(C)(=O)=O)c1ccc(C)c(OCC)c1)C2=O. The molecule has 0 saturated heterocycles. The van der Waals surface area contributed by atoms with Gasteiger partial charge in [0.05, 0.1) is 35.2 Å². The molecule has 0 radical (unpaired) electrons. The van der Waals surface area contributed by atoms with Crippen molar-refractivity contribution < 1.29 is 22.7 Å². The number of aryl methyl sites for hydroxylation is 1. The van der Waals surface area contributed by atoms with E-state index in [1.54, 1.807) is 43.3 Å². The average molecular weight is 443 g/mol. The Hall–Kier alpha value is -3.13. The minimum Gasteiger partial charge on any atom is -0.494 e. The van der Waals surface area contributed by atoms with E-state index in [-0.39, 0.29) is 11.1 Å². The highest BCUT2D eigenvalue weighted by atomic mass is 32.2. The maximum atomic E-state index is 13.4. The molecule has 0 saturated carbocycles. The third-order valence-electron chi connectivity index (χ3n) is 4.96. The first-order valence-corrected chi connectivity index (χ1v) is 11.9. The van der Waals surface area contributed by atoms with Gasteiger partial charge in [0.2, 0.25) is 0 Å². The van der Waals surface area contributed by atoms with Crippen LogP contribution in [0.1, 0.15) is 51.7 Å². The molecule has 7 nitrogen and oxygen atoms in total. The number of carbonyl (C=O) groups is 2. The highest BCUT2D eigenvalue weighted by molar-refractivity contribution is 7.90. The molecular weight excluding hydrogens is 416 g/mol. The van der Waals surface area contributed by atoms with E-state index in [2.05, 4.69) is 11.9 Å². The lowest BCUT2D eigenvalue weighted by atomic mass is 10.0. The van der Waals surface area contributed by atoms with Crippen LogP contribution in [0.3, 0.4) is 0 Å². The summed E-state index contributed by atoms with van der Waals surface area (Å²) in [5.74, 6) is -0.884. The molecule has 2 aromatic rings. The van der Waals surface area contributed by atoms with Crippen LogP contribution in [0.5, 0.6) is 5.75 Å². The maximum Gasteiger partial charge on any atom is 0.264 e. The molecule has 3 rings (SSSR count). The van der Waals surface area contributed by atoms with E-state index >= 15 is 0 Å². The van der Waals surface area contributed by atoms with Crippen LogP contribution in [-0.4, -0.2) is 43.7 Å². The summed E-state index contributed by atoms with van der Waals surface area (Å²) in [4.78, 5) is 27.7. The lowest BCUT2D eigenvalue weighted by molar-refractivity contribution is 0.0598. The number of rotatable bonds is 8. The summed E-state index contributed by atoms with van der Waals surface area (Å²) in [6.07, 6.45) is 1.09. The summed E-state index contributed by atoms with van der Waals surface area (Å²) in [6, 6.07) is 9.16. The van der Waals surface area contributed by atoms with Crippen LogP contribution >= 0.6 is 0 Å². The molecule has 31 heavy (non-hydrogen) atoms. The molecule has 0 bridgehead atoms. The second-order valence-corrected chi connectivity index (χ2v) is 9.86. The summed E-state index contributed by atoms with van der Waals surface area (Å²) in [5.41, 5.74) is 2.91. The van der Waals surface area contributed by atoms with Crippen LogP contribution in [0.25, 0.3) is 0 Å². The monoisotopic (exact) mass is 442 g/mol. The zero-order chi connectivity index (χ0) is 22.9. The van der Waals surface area contributed by atoms with Gasteiger partial charge in [0.1, 0.15) is 15.6 Å². The van der Waals surface area contributed by atoms with Crippen LogP contribution in [0.2, 0.25) is 0 Å². The Morgan fingerprint density at radius 3 is 2.52 bits per heavy atom. The van der Waals surface area contributed by atoms with Crippen molar-refractivity contribution in [2.24, 2.45) is 0 Å². The number of benzene rings is 2. The Kier molecular flexibility index (Phi) is 6.22. The lowest BCUT2D eigenvalue weighted by Crippen LogP contribution is -2.37. The molecule has 8 heteroatoms. The predicted octanol–water partition coefficient (Wildman–Crippen LogP) is 3.72. The maximum absolute atomic E-state index is 13.4. The van der Waals surface area contributed by atoms with Gasteiger partial charge >= 0.3 is 0 Å². The Bertz CT molecular complexity index is 1170. The number of carbonyl (C=O) groups excluding carboxylic acids is 2. The smallest absolute Gasteiger partial charge is 0.264 e. The number of hydrogen-bond donors (Lipinski definition) is 1. The zero-order valence-electron chi connectivity index (χ0n) is 18.1. The highest BCUT2D eigenvalue weighted by Crippen LogP contribution is 2.37. The van der Waals surface area contributed by atoms with Gasteiger partial charge in [-0.1, -0.05) is 24.8 Å². The standard InChI is InChI=1S/C23H26N2O5S/c1-6-30-20-12-16(11-10-15(20)4)19(13-31(5,28)29)25-22(26)17-8-7-9-18(24-14(2)3)21(17)23(25)27/h7-12,19,24H,2,6,13H2,1,3-5H3. The fourth-order valence-corrected chi connectivity index (χ4v) is 4.58. The van der Waals surface area contributed by atoms with Crippen molar-refractivity contribution in [2.75, 3.05) is 23.9 Å². The number of hydrogen-bond acceptors (Lipinski definition) is 6. The molecule has 2 amide bonds. The number of imide groups is 1. The molecule has 0 fully saturated rings. The number of ether oxygens (including phenoxy) is 1. The van der Waals surface area contributed by atoms with E-state index in [0.29, 0.717) is 29.3 Å². The lowest BCUT2D eigenvalue weighted by Gasteiger charge is -2.27. The molecule has 0 aromatic heterocycles. The van der Waals surface area contributed by atoms with Crippen molar-refractivity contribution in [3.8, 4) is 5.75 Å². The molecule has 0 aliphatic carbocycles. The van der Waals surface area contributed by atoms with Crippen LogP contribution < -0.4 is 10.1 Å². The van der Waals surface area contributed by atoms with Crippen molar-refractivity contribution in [3.05, 3.63) is 70.9 Å². The molecule has 1 unspecified atom stereocenters.